The predicted molar refractivity (Wildman–Crippen MR) is 75.8 cm³/mol. The van der Waals surface area contributed by atoms with Crippen LogP contribution in [-0.2, 0) is 19.6 Å². The van der Waals surface area contributed by atoms with Gasteiger partial charge in [0.05, 0.1) is 12.2 Å². The van der Waals surface area contributed by atoms with Gasteiger partial charge in [-0.2, -0.15) is 0 Å². The van der Waals surface area contributed by atoms with Crippen molar-refractivity contribution in [3.8, 4) is 0 Å². The largest absolute Gasteiger partial charge is 0.350 e. The summed E-state index contributed by atoms with van der Waals surface area (Å²) in [6.07, 6.45) is 2.46. The first kappa shape index (κ1) is 14.8. The zero-order valence-electron chi connectivity index (χ0n) is 12.3. The molecule has 0 aromatic rings. The highest BCUT2D eigenvalue weighted by Crippen LogP contribution is 2.44. The number of piperidine rings is 1. The number of nitrogens with zero attached hydrogens (tertiary/aromatic N) is 2. The van der Waals surface area contributed by atoms with E-state index in [0.717, 1.165) is 0 Å². The molecule has 2 atom stereocenters. The van der Waals surface area contributed by atoms with Gasteiger partial charge >= 0.3 is 0 Å². The minimum absolute atomic E-state index is 0.000854. The van der Waals surface area contributed by atoms with Crippen LogP contribution in [0.15, 0.2) is 0 Å². The van der Waals surface area contributed by atoms with Crippen molar-refractivity contribution in [1.29, 1.82) is 0 Å². The molecule has 21 heavy (non-hydrogen) atoms. The van der Waals surface area contributed by atoms with Crippen molar-refractivity contribution in [3.63, 3.8) is 0 Å². The Morgan fingerprint density at radius 2 is 1.90 bits per heavy atom. The highest BCUT2D eigenvalue weighted by atomic mass is 32.2. The zero-order valence-corrected chi connectivity index (χ0v) is 13.1. The lowest BCUT2D eigenvalue weighted by Crippen LogP contribution is -2.56. The van der Waals surface area contributed by atoms with Crippen molar-refractivity contribution in [1.82, 2.24) is 14.5 Å². The van der Waals surface area contributed by atoms with Crippen molar-refractivity contribution in [2.75, 3.05) is 32.4 Å². The molecular weight excluding hydrogens is 294 g/mol. The van der Waals surface area contributed by atoms with Gasteiger partial charge in [0.15, 0.2) is 0 Å². The number of sulfonamides is 1. The van der Waals surface area contributed by atoms with E-state index in [9.17, 15) is 18.0 Å². The van der Waals surface area contributed by atoms with E-state index in [-0.39, 0.29) is 29.2 Å². The van der Waals surface area contributed by atoms with Gasteiger partial charge in [0.2, 0.25) is 21.8 Å². The summed E-state index contributed by atoms with van der Waals surface area (Å²) in [5.41, 5.74) is -0.340. The average Bonchev–Trinajstić information content (AvgIpc) is 2.91. The average molecular weight is 315 g/mol. The molecule has 3 aliphatic rings. The molecular formula is C13H21N3O4S. The summed E-state index contributed by atoms with van der Waals surface area (Å²) in [4.78, 5) is 25.5. The Morgan fingerprint density at radius 1 is 1.29 bits per heavy atom. The van der Waals surface area contributed by atoms with Crippen LogP contribution in [0.5, 0.6) is 0 Å². The van der Waals surface area contributed by atoms with Gasteiger partial charge < -0.3 is 10.2 Å². The minimum Gasteiger partial charge on any atom is -0.350 e. The number of fused-ring (bicyclic) bond motifs is 2. The molecule has 0 unspecified atom stereocenters. The maximum absolute atomic E-state index is 12.2. The fourth-order valence-electron chi connectivity index (χ4n) is 4.03. The van der Waals surface area contributed by atoms with Gasteiger partial charge in [-0.15, -0.1) is 0 Å². The molecule has 0 saturated carbocycles. The number of carbonyl (C=O) groups is 2. The topological polar surface area (TPSA) is 86.8 Å². The standard InChI is InChI=1S/C13H21N3O4S/c1-9(17)15-7-10-11(8-15)13(14-12(10)18)3-5-16(6-4-13)21(2,19)20/h10-11H,3-8H2,1-2H3,(H,14,18)/t10-,11+/m1/s1. The van der Waals surface area contributed by atoms with Crippen LogP contribution in [0.1, 0.15) is 19.8 Å². The van der Waals surface area contributed by atoms with Crippen LogP contribution >= 0.6 is 0 Å². The molecule has 8 heteroatoms. The molecule has 7 nitrogen and oxygen atoms in total. The van der Waals surface area contributed by atoms with E-state index in [4.69, 9.17) is 0 Å². The van der Waals surface area contributed by atoms with Crippen molar-refractivity contribution in [2.24, 2.45) is 11.8 Å². The lowest BCUT2D eigenvalue weighted by molar-refractivity contribution is -0.129. The summed E-state index contributed by atoms with van der Waals surface area (Å²) in [5.74, 6) is -0.0215. The van der Waals surface area contributed by atoms with Crippen molar-refractivity contribution >= 4 is 21.8 Å². The first-order valence-corrected chi connectivity index (χ1v) is 9.10. The molecule has 3 aliphatic heterocycles. The summed E-state index contributed by atoms with van der Waals surface area (Å²) in [6, 6.07) is 0. The molecule has 0 bridgehead atoms. The SMILES string of the molecule is CC(=O)N1C[C@H]2C(=O)NC3(CCN(S(C)(=O)=O)CC3)[C@H]2C1. The van der Waals surface area contributed by atoms with E-state index >= 15 is 0 Å². The second-order valence-electron chi connectivity index (χ2n) is 6.44. The summed E-state index contributed by atoms with van der Waals surface area (Å²) < 4.78 is 24.7. The van der Waals surface area contributed by atoms with Crippen LogP contribution in [0.3, 0.4) is 0 Å². The lowest BCUT2D eigenvalue weighted by atomic mass is 9.76. The number of amides is 2. The summed E-state index contributed by atoms with van der Waals surface area (Å²) in [6.45, 7) is 3.48. The Labute approximate surface area is 124 Å². The van der Waals surface area contributed by atoms with Crippen LogP contribution in [-0.4, -0.2) is 67.4 Å². The number of nitrogens with one attached hydrogen (secondary N) is 1. The summed E-state index contributed by atoms with van der Waals surface area (Å²) in [5, 5.41) is 3.10. The predicted octanol–water partition coefficient (Wildman–Crippen LogP) is -0.995. The molecule has 0 aromatic carbocycles. The van der Waals surface area contributed by atoms with Gasteiger partial charge in [-0.05, 0) is 12.8 Å². The van der Waals surface area contributed by atoms with Crippen molar-refractivity contribution in [2.45, 2.75) is 25.3 Å². The number of rotatable bonds is 1. The van der Waals surface area contributed by atoms with Gasteiger partial charge in [-0.1, -0.05) is 0 Å². The first-order chi connectivity index (χ1) is 9.73. The summed E-state index contributed by atoms with van der Waals surface area (Å²) >= 11 is 0. The molecule has 3 saturated heterocycles. The number of carbonyl (C=O) groups excluding carboxylic acids is 2. The van der Waals surface area contributed by atoms with Crippen LogP contribution in [0.25, 0.3) is 0 Å². The number of hydrogen-bond acceptors (Lipinski definition) is 4. The fourth-order valence-corrected chi connectivity index (χ4v) is 4.88. The Morgan fingerprint density at radius 3 is 2.43 bits per heavy atom. The normalized spacial score (nSPS) is 32.3. The van der Waals surface area contributed by atoms with Gasteiger partial charge in [0, 0.05) is 44.6 Å². The van der Waals surface area contributed by atoms with E-state index in [2.05, 4.69) is 5.32 Å². The molecule has 2 amide bonds. The molecule has 0 radical (unpaired) electrons. The number of hydrogen-bond donors (Lipinski definition) is 1. The maximum Gasteiger partial charge on any atom is 0.225 e. The van der Waals surface area contributed by atoms with Crippen LogP contribution in [0.2, 0.25) is 0 Å². The molecule has 3 heterocycles. The molecule has 0 aromatic heterocycles. The van der Waals surface area contributed by atoms with Gasteiger partial charge in [0.1, 0.15) is 0 Å². The molecule has 1 spiro atoms. The van der Waals surface area contributed by atoms with E-state index < -0.39 is 10.0 Å². The van der Waals surface area contributed by atoms with Crippen LogP contribution in [0, 0.1) is 11.8 Å². The Balaban J connectivity index is 1.78. The monoisotopic (exact) mass is 315 g/mol. The second kappa shape index (κ2) is 4.67. The van der Waals surface area contributed by atoms with E-state index in [0.29, 0.717) is 39.0 Å². The Bertz CT molecular complexity index is 580. The zero-order chi connectivity index (χ0) is 15.4. The van der Waals surface area contributed by atoms with E-state index in [1.54, 1.807) is 4.90 Å². The molecule has 1 N–H and O–H groups in total. The Hall–Kier alpha value is -1.15. The lowest BCUT2D eigenvalue weighted by Gasteiger charge is -2.41. The molecule has 3 fully saturated rings. The highest BCUT2D eigenvalue weighted by molar-refractivity contribution is 7.88. The third-order valence-corrected chi connectivity index (χ3v) is 6.57. The molecule has 3 rings (SSSR count). The second-order valence-corrected chi connectivity index (χ2v) is 8.43. The highest BCUT2D eigenvalue weighted by Gasteiger charge is 2.57. The smallest absolute Gasteiger partial charge is 0.225 e. The molecule has 0 aliphatic carbocycles. The van der Waals surface area contributed by atoms with Crippen molar-refractivity contribution in [3.05, 3.63) is 0 Å². The summed E-state index contributed by atoms with van der Waals surface area (Å²) in [7, 11) is -3.18. The molecule has 118 valence electrons. The third kappa shape index (κ3) is 2.34. The van der Waals surface area contributed by atoms with Crippen molar-refractivity contribution < 1.29 is 18.0 Å². The van der Waals surface area contributed by atoms with E-state index in [1.165, 1.54) is 17.5 Å². The van der Waals surface area contributed by atoms with Gasteiger partial charge in [-0.25, -0.2) is 12.7 Å². The van der Waals surface area contributed by atoms with E-state index in [1.807, 2.05) is 0 Å². The maximum atomic E-state index is 12.2. The first-order valence-electron chi connectivity index (χ1n) is 7.26. The Kier molecular flexibility index (Phi) is 3.29. The van der Waals surface area contributed by atoms with Gasteiger partial charge in [0.25, 0.3) is 0 Å². The van der Waals surface area contributed by atoms with Crippen LogP contribution < -0.4 is 5.32 Å². The quantitative estimate of drug-likeness (QED) is 0.673. The van der Waals surface area contributed by atoms with Crippen LogP contribution in [0.4, 0.5) is 0 Å². The minimum atomic E-state index is -3.18. The fraction of sp³-hybridized carbons (Fsp3) is 0.846. The van der Waals surface area contributed by atoms with Gasteiger partial charge in [-0.3, -0.25) is 9.59 Å². The third-order valence-electron chi connectivity index (χ3n) is 5.27. The number of likely N-dealkylation sites (tertiary alicyclic amines) is 1.